The summed E-state index contributed by atoms with van der Waals surface area (Å²) in [7, 11) is 1.55. The number of aliphatic hydroxyl groups excluding tert-OH is 1. The number of methoxy groups -OCH3 is 1. The monoisotopic (exact) mass is 197 g/mol. The molecule has 0 radical (unpaired) electrons. The van der Waals surface area contributed by atoms with E-state index >= 15 is 0 Å². The lowest BCUT2D eigenvalue weighted by Crippen LogP contribution is -2.33. The van der Waals surface area contributed by atoms with Crippen LogP contribution in [-0.2, 0) is 0 Å². The number of benzene rings is 1. The van der Waals surface area contributed by atoms with Gasteiger partial charge in [0, 0.05) is 0 Å². The highest BCUT2D eigenvalue weighted by atomic mass is 16.5. The number of hydrazine groups is 1. The Morgan fingerprint density at radius 1 is 1.50 bits per heavy atom. The Hall–Kier alpha value is -1.46. The van der Waals surface area contributed by atoms with E-state index in [1.165, 1.54) is 5.01 Å². The average molecular weight is 197 g/mol. The summed E-state index contributed by atoms with van der Waals surface area (Å²) >= 11 is 0. The third-order valence-electron chi connectivity index (χ3n) is 1.89. The molecule has 0 heterocycles. The van der Waals surface area contributed by atoms with Crippen LogP contribution >= 0.6 is 0 Å². The van der Waals surface area contributed by atoms with Gasteiger partial charge in [-0.15, -0.1) is 0 Å². The van der Waals surface area contributed by atoms with E-state index in [4.69, 9.17) is 21.4 Å². The van der Waals surface area contributed by atoms with Crippen LogP contribution in [0.1, 0.15) is 0 Å². The summed E-state index contributed by atoms with van der Waals surface area (Å²) in [5.74, 6) is 6.26. The SMILES string of the molecule is COc1ccc(N(N)CCO)cc1N. The summed E-state index contributed by atoms with van der Waals surface area (Å²) in [5, 5.41) is 10.1. The number of hydrogen-bond acceptors (Lipinski definition) is 5. The highest BCUT2D eigenvalue weighted by Gasteiger charge is 2.04. The molecule has 5 heteroatoms. The van der Waals surface area contributed by atoms with Gasteiger partial charge in [-0.2, -0.15) is 0 Å². The average Bonchev–Trinajstić information content (AvgIpc) is 2.18. The van der Waals surface area contributed by atoms with Gasteiger partial charge in [-0.05, 0) is 18.2 Å². The molecule has 0 fully saturated rings. The molecule has 0 unspecified atom stereocenters. The van der Waals surface area contributed by atoms with Gasteiger partial charge in [0.05, 0.1) is 31.6 Å². The first-order chi connectivity index (χ1) is 6.69. The number of anilines is 2. The van der Waals surface area contributed by atoms with Gasteiger partial charge in [0.15, 0.2) is 0 Å². The Morgan fingerprint density at radius 3 is 2.71 bits per heavy atom. The van der Waals surface area contributed by atoms with Gasteiger partial charge in [0.2, 0.25) is 0 Å². The number of ether oxygens (including phenoxy) is 1. The molecule has 5 N–H and O–H groups in total. The quantitative estimate of drug-likeness (QED) is 0.358. The van der Waals surface area contributed by atoms with E-state index in [1.54, 1.807) is 25.3 Å². The molecule has 0 saturated carbocycles. The molecule has 14 heavy (non-hydrogen) atoms. The van der Waals surface area contributed by atoms with Crippen LogP contribution in [0, 0.1) is 0 Å². The standard InChI is InChI=1S/C9H15N3O2/c1-14-9-3-2-7(6-8(9)10)12(11)4-5-13/h2-3,6,13H,4-5,10-11H2,1H3. The fourth-order valence-corrected chi connectivity index (χ4v) is 1.14. The van der Waals surface area contributed by atoms with Crippen molar-refractivity contribution in [3.63, 3.8) is 0 Å². The van der Waals surface area contributed by atoms with Crippen molar-refractivity contribution in [2.45, 2.75) is 0 Å². The Labute approximate surface area is 82.8 Å². The topological polar surface area (TPSA) is 84.7 Å². The molecule has 1 aromatic carbocycles. The van der Waals surface area contributed by atoms with Crippen molar-refractivity contribution in [2.75, 3.05) is 31.0 Å². The molecule has 5 nitrogen and oxygen atoms in total. The zero-order valence-electron chi connectivity index (χ0n) is 8.10. The van der Waals surface area contributed by atoms with Crippen LogP contribution in [0.5, 0.6) is 5.75 Å². The van der Waals surface area contributed by atoms with Gasteiger partial charge >= 0.3 is 0 Å². The molecular weight excluding hydrogens is 182 g/mol. The summed E-state index contributed by atoms with van der Waals surface area (Å²) in [4.78, 5) is 0. The van der Waals surface area contributed by atoms with Crippen LogP contribution in [0.4, 0.5) is 11.4 Å². The highest BCUT2D eigenvalue weighted by Crippen LogP contribution is 2.25. The van der Waals surface area contributed by atoms with Crippen molar-refractivity contribution in [3.8, 4) is 5.75 Å². The zero-order chi connectivity index (χ0) is 10.6. The molecule has 0 aliphatic carbocycles. The lowest BCUT2D eigenvalue weighted by Gasteiger charge is -2.18. The fourth-order valence-electron chi connectivity index (χ4n) is 1.14. The number of aliphatic hydroxyl groups is 1. The normalized spacial score (nSPS) is 9.93. The molecule has 0 amide bonds. The first-order valence-corrected chi connectivity index (χ1v) is 4.25. The number of nitrogens with two attached hydrogens (primary N) is 2. The van der Waals surface area contributed by atoms with Crippen molar-refractivity contribution < 1.29 is 9.84 Å². The Kier molecular flexibility index (Phi) is 3.55. The first-order valence-electron chi connectivity index (χ1n) is 4.25. The zero-order valence-corrected chi connectivity index (χ0v) is 8.10. The summed E-state index contributed by atoms with van der Waals surface area (Å²) in [6.07, 6.45) is 0. The van der Waals surface area contributed by atoms with Crippen LogP contribution in [0.15, 0.2) is 18.2 Å². The Balaban J connectivity index is 2.85. The van der Waals surface area contributed by atoms with Crippen molar-refractivity contribution in [1.82, 2.24) is 0 Å². The minimum absolute atomic E-state index is 0.00241. The van der Waals surface area contributed by atoms with Gasteiger partial charge in [0.25, 0.3) is 0 Å². The van der Waals surface area contributed by atoms with Crippen molar-refractivity contribution in [2.24, 2.45) is 5.84 Å². The van der Waals surface area contributed by atoms with E-state index in [9.17, 15) is 0 Å². The second-order valence-corrected chi connectivity index (χ2v) is 2.84. The molecule has 1 aromatic rings. The minimum Gasteiger partial charge on any atom is -0.495 e. The van der Waals surface area contributed by atoms with Gasteiger partial charge in [-0.1, -0.05) is 0 Å². The lowest BCUT2D eigenvalue weighted by atomic mass is 10.2. The third kappa shape index (κ3) is 2.27. The van der Waals surface area contributed by atoms with Crippen molar-refractivity contribution in [1.29, 1.82) is 0 Å². The molecule has 0 atom stereocenters. The van der Waals surface area contributed by atoms with E-state index < -0.39 is 0 Å². The van der Waals surface area contributed by atoms with Gasteiger partial charge in [-0.25, -0.2) is 5.84 Å². The molecule has 0 bridgehead atoms. The number of hydrogen-bond donors (Lipinski definition) is 3. The van der Waals surface area contributed by atoms with E-state index in [2.05, 4.69) is 0 Å². The van der Waals surface area contributed by atoms with Crippen LogP contribution in [0.25, 0.3) is 0 Å². The second-order valence-electron chi connectivity index (χ2n) is 2.84. The smallest absolute Gasteiger partial charge is 0.141 e. The molecule has 0 spiro atoms. The first kappa shape index (κ1) is 10.6. The van der Waals surface area contributed by atoms with E-state index in [-0.39, 0.29) is 6.61 Å². The maximum Gasteiger partial charge on any atom is 0.141 e. The van der Waals surface area contributed by atoms with Gasteiger partial charge in [0.1, 0.15) is 5.75 Å². The van der Waals surface area contributed by atoms with E-state index in [0.717, 1.165) is 5.69 Å². The summed E-state index contributed by atoms with van der Waals surface area (Å²) < 4.78 is 5.01. The number of nitrogen functional groups attached to an aromatic ring is 1. The van der Waals surface area contributed by atoms with E-state index in [1.807, 2.05) is 0 Å². The summed E-state index contributed by atoms with van der Waals surface area (Å²) in [5.41, 5.74) is 6.97. The lowest BCUT2D eigenvalue weighted by molar-refractivity contribution is 0.302. The summed E-state index contributed by atoms with van der Waals surface area (Å²) in [6, 6.07) is 5.22. The Bertz CT molecular complexity index is 304. The maximum absolute atomic E-state index is 8.69. The third-order valence-corrected chi connectivity index (χ3v) is 1.89. The van der Waals surface area contributed by atoms with Crippen molar-refractivity contribution >= 4 is 11.4 Å². The molecule has 78 valence electrons. The molecular formula is C9H15N3O2. The molecule has 0 aliphatic rings. The highest BCUT2D eigenvalue weighted by molar-refractivity contribution is 5.62. The van der Waals surface area contributed by atoms with E-state index in [0.29, 0.717) is 18.0 Å². The van der Waals surface area contributed by atoms with Crippen LogP contribution in [0.3, 0.4) is 0 Å². The number of rotatable bonds is 4. The van der Waals surface area contributed by atoms with Crippen LogP contribution in [-0.4, -0.2) is 25.4 Å². The predicted octanol–water partition coefficient (Wildman–Crippen LogP) is -0.0502. The molecule has 0 aromatic heterocycles. The molecule has 1 rings (SSSR count). The summed E-state index contributed by atoms with van der Waals surface area (Å²) in [6.45, 7) is 0.369. The van der Waals surface area contributed by atoms with Crippen molar-refractivity contribution in [3.05, 3.63) is 18.2 Å². The molecule has 0 aliphatic heterocycles. The maximum atomic E-state index is 8.69. The Morgan fingerprint density at radius 2 is 2.21 bits per heavy atom. The number of nitrogens with zero attached hydrogens (tertiary/aromatic N) is 1. The predicted molar refractivity (Wildman–Crippen MR) is 56.0 cm³/mol. The van der Waals surface area contributed by atoms with Gasteiger partial charge in [-0.3, -0.25) is 0 Å². The van der Waals surface area contributed by atoms with Crippen LogP contribution in [0.2, 0.25) is 0 Å². The van der Waals surface area contributed by atoms with Crippen LogP contribution < -0.4 is 21.3 Å². The van der Waals surface area contributed by atoms with Gasteiger partial charge < -0.3 is 20.6 Å². The minimum atomic E-state index is 0.00241. The largest absolute Gasteiger partial charge is 0.495 e. The molecule has 0 saturated heterocycles. The second kappa shape index (κ2) is 4.69. The fraction of sp³-hybridized carbons (Fsp3) is 0.333.